The Bertz CT molecular complexity index is 307. The van der Waals surface area contributed by atoms with Crippen LogP contribution in [0.4, 0.5) is 8.78 Å². The summed E-state index contributed by atoms with van der Waals surface area (Å²) in [6, 6.07) is 0. The second-order valence-electron chi connectivity index (χ2n) is 5.70. The van der Waals surface area contributed by atoms with Gasteiger partial charge in [-0.2, -0.15) is 0 Å². The molecule has 0 radical (unpaired) electrons. The monoisotopic (exact) mass is 263 g/mol. The molecule has 0 aromatic rings. The predicted molar refractivity (Wildman–Crippen MR) is 65.6 cm³/mol. The van der Waals surface area contributed by atoms with Gasteiger partial charge in [0.15, 0.2) is 0 Å². The number of methoxy groups -OCH3 is 1. The Hall–Kier alpha value is -0.710. The molecule has 0 bridgehead atoms. The lowest BCUT2D eigenvalue weighted by Crippen LogP contribution is -2.58. The van der Waals surface area contributed by atoms with Crippen molar-refractivity contribution < 1.29 is 18.3 Å². The molecule has 1 saturated heterocycles. The first-order valence-electron chi connectivity index (χ1n) is 6.40. The number of nitrogens with zero attached hydrogens (tertiary/aromatic N) is 1. The van der Waals surface area contributed by atoms with Crippen LogP contribution in [0, 0.1) is 11.3 Å². The molecule has 0 aromatic carbocycles. The van der Waals surface area contributed by atoms with Crippen LogP contribution in [0.2, 0.25) is 0 Å². The number of hydrogen-bond acceptors (Lipinski definition) is 3. The van der Waals surface area contributed by atoms with Gasteiger partial charge in [-0.25, -0.2) is 8.78 Å². The van der Waals surface area contributed by atoms with E-state index < -0.39 is 17.3 Å². The van der Waals surface area contributed by atoms with Crippen molar-refractivity contribution in [3.05, 3.63) is 0 Å². The van der Waals surface area contributed by atoms with Crippen molar-refractivity contribution >= 4 is 5.97 Å². The maximum absolute atomic E-state index is 14.3. The van der Waals surface area contributed by atoms with Gasteiger partial charge in [0, 0.05) is 0 Å². The van der Waals surface area contributed by atoms with Crippen LogP contribution in [0.15, 0.2) is 0 Å². The molecule has 1 rings (SSSR count). The maximum atomic E-state index is 14.3. The van der Waals surface area contributed by atoms with Crippen LogP contribution in [0.5, 0.6) is 0 Å². The van der Waals surface area contributed by atoms with Crippen LogP contribution >= 0.6 is 0 Å². The summed E-state index contributed by atoms with van der Waals surface area (Å²) in [4.78, 5) is 13.5. The molecule has 1 aliphatic heterocycles. The van der Waals surface area contributed by atoms with Crippen molar-refractivity contribution in [1.82, 2.24) is 4.90 Å². The number of rotatable bonds is 4. The highest BCUT2D eigenvalue weighted by molar-refractivity contribution is 5.78. The molecule has 0 saturated carbocycles. The third-order valence-corrected chi connectivity index (χ3v) is 3.81. The molecule has 0 N–H and O–H groups in total. The van der Waals surface area contributed by atoms with Gasteiger partial charge in [0.25, 0.3) is 5.92 Å². The van der Waals surface area contributed by atoms with Crippen LogP contribution in [0.1, 0.15) is 33.1 Å². The lowest BCUT2D eigenvalue weighted by molar-refractivity contribution is -0.201. The van der Waals surface area contributed by atoms with Gasteiger partial charge in [-0.1, -0.05) is 13.8 Å². The van der Waals surface area contributed by atoms with Gasteiger partial charge in [0.05, 0.1) is 13.7 Å². The summed E-state index contributed by atoms with van der Waals surface area (Å²) in [7, 11) is 2.84. The second-order valence-corrected chi connectivity index (χ2v) is 5.70. The zero-order chi connectivity index (χ0) is 14.0. The average molecular weight is 263 g/mol. The van der Waals surface area contributed by atoms with E-state index in [0.717, 1.165) is 0 Å². The smallest absolute Gasteiger partial charge is 0.318 e. The number of carbonyl (C=O) groups is 1. The van der Waals surface area contributed by atoms with Gasteiger partial charge in [0.2, 0.25) is 0 Å². The van der Waals surface area contributed by atoms with E-state index in [2.05, 4.69) is 4.74 Å². The van der Waals surface area contributed by atoms with E-state index >= 15 is 0 Å². The van der Waals surface area contributed by atoms with Crippen molar-refractivity contribution in [2.24, 2.45) is 11.3 Å². The number of piperidine rings is 1. The molecule has 1 heterocycles. The number of hydrogen-bond donors (Lipinski definition) is 0. The molecule has 1 fully saturated rings. The summed E-state index contributed by atoms with van der Waals surface area (Å²) in [5.41, 5.74) is -1.64. The fraction of sp³-hybridized carbons (Fsp3) is 0.923. The number of alkyl halides is 2. The number of carbonyl (C=O) groups excluding carboxylic acids is 1. The largest absolute Gasteiger partial charge is 0.468 e. The minimum Gasteiger partial charge on any atom is -0.468 e. The van der Waals surface area contributed by atoms with Crippen LogP contribution < -0.4 is 0 Å². The number of esters is 1. The summed E-state index contributed by atoms with van der Waals surface area (Å²) in [6.07, 6.45) is 0.961. The van der Waals surface area contributed by atoms with Crippen molar-refractivity contribution in [2.45, 2.75) is 39.0 Å². The highest BCUT2D eigenvalue weighted by atomic mass is 19.3. The zero-order valence-corrected chi connectivity index (χ0v) is 11.6. The third-order valence-electron chi connectivity index (χ3n) is 3.81. The van der Waals surface area contributed by atoms with Crippen LogP contribution in [0.3, 0.4) is 0 Å². The molecule has 1 unspecified atom stereocenters. The van der Waals surface area contributed by atoms with Crippen molar-refractivity contribution in [1.29, 1.82) is 0 Å². The SMILES string of the molecule is COC(=O)C1(CCC(C)C)CCN(C)CC1(F)F. The molecule has 5 heteroatoms. The van der Waals surface area contributed by atoms with Crippen molar-refractivity contribution in [2.75, 3.05) is 27.2 Å². The van der Waals surface area contributed by atoms with E-state index in [0.29, 0.717) is 18.9 Å². The van der Waals surface area contributed by atoms with E-state index in [1.54, 1.807) is 11.9 Å². The summed E-state index contributed by atoms with van der Waals surface area (Å²) in [6.45, 7) is 4.07. The second kappa shape index (κ2) is 5.51. The Balaban J connectivity index is 2.99. The first kappa shape index (κ1) is 15.3. The Morgan fingerprint density at radius 3 is 2.50 bits per heavy atom. The Morgan fingerprint density at radius 1 is 1.44 bits per heavy atom. The van der Waals surface area contributed by atoms with E-state index in [1.807, 2.05) is 13.8 Å². The summed E-state index contributed by atoms with van der Waals surface area (Å²) in [5, 5.41) is 0. The van der Waals surface area contributed by atoms with E-state index in [4.69, 9.17) is 0 Å². The van der Waals surface area contributed by atoms with Crippen LogP contribution in [0.25, 0.3) is 0 Å². The molecule has 106 valence electrons. The molecule has 3 nitrogen and oxygen atoms in total. The Labute approximate surface area is 107 Å². The topological polar surface area (TPSA) is 29.5 Å². The number of likely N-dealkylation sites (tertiary alicyclic amines) is 1. The van der Waals surface area contributed by atoms with Gasteiger partial charge in [-0.05, 0) is 38.8 Å². The van der Waals surface area contributed by atoms with Gasteiger partial charge >= 0.3 is 5.97 Å². The quantitative estimate of drug-likeness (QED) is 0.730. The van der Waals surface area contributed by atoms with E-state index in [9.17, 15) is 13.6 Å². The predicted octanol–water partition coefficient (Wildman–Crippen LogP) is 2.55. The minimum atomic E-state index is -3.03. The van der Waals surface area contributed by atoms with Crippen molar-refractivity contribution in [3.63, 3.8) is 0 Å². The van der Waals surface area contributed by atoms with Gasteiger partial charge in [-0.15, -0.1) is 0 Å². The highest BCUT2D eigenvalue weighted by Crippen LogP contribution is 2.48. The molecule has 18 heavy (non-hydrogen) atoms. The molecular weight excluding hydrogens is 240 g/mol. The van der Waals surface area contributed by atoms with Crippen LogP contribution in [-0.2, 0) is 9.53 Å². The molecule has 1 atom stereocenters. The van der Waals surface area contributed by atoms with Crippen LogP contribution in [-0.4, -0.2) is 44.0 Å². The van der Waals surface area contributed by atoms with Gasteiger partial charge in [-0.3, -0.25) is 4.79 Å². The number of ether oxygens (including phenoxy) is 1. The summed E-state index contributed by atoms with van der Waals surface area (Å²) in [5.74, 6) is -3.50. The average Bonchev–Trinajstić information content (AvgIpc) is 2.26. The third kappa shape index (κ3) is 2.82. The molecule has 1 aliphatic rings. The summed E-state index contributed by atoms with van der Waals surface area (Å²) >= 11 is 0. The molecule has 0 aliphatic carbocycles. The first-order valence-corrected chi connectivity index (χ1v) is 6.40. The van der Waals surface area contributed by atoms with Crippen molar-refractivity contribution in [3.8, 4) is 0 Å². The molecule has 0 aromatic heterocycles. The maximum Gasteiger partial charge on any atom is 0.318 e. The molecular formula is C13H23F2NO2. The molecule has 0 amide bonds. The first-order chi connectivity index (χ1) is 8.25. The fourth-order valence-corrected chi connectivity index (χ4v) is 2.53. The minimum absolute atomic E-state index is 0.163. The van der Waals surface area contributed by atoms with Gasteiger partial charge in [0.1, 0.15) is 5.41 Å². The summed E-state index contributed by atoms with van der Waals surface area (Å²) < 4.78 is 33.3. The Kier molecular flexibility index (Phi) is 4.70. The van der Waals surface area contributed by atoms with E-state index in [1.165, 1.54) is 7.11 Å². The standard InChI is InChI=1S/C13H23F2NO2/c1-10(2)5-6-12(11(17)18-4)7-8-16(3)9-13(12,14)15/h10H,5-9H2,1-4H3. The normalized spacial score (nSPS) is 28.4. The fourth-order valence-electron chi connectivity index (χ4n) is 2.53. The zero-order valence-electron chi connectivity index (χ0n) is 11.6. The highest BCUT2D eigenvalue weighted by Gasteiger charge is 2.61. The lowest BCUT2D eigenvalue weighted by Gasteiger charge is -2.44. The van der Waals surface area contributed by atoms with E-state index in [-0.39, 0.29) is 19.4 Å². The Morgan fingerprint density at radius 2 is 2.06 bits per heavy atom. The lowest BCUT2D eigenvalue weighted by atomic mass is 9.71. The molecule has 0 spiro atoms. The number of halogens is 2. The van der Waals surface area contributed by atoms with Gasteiger partial charge < -0.3 is 9.64 Å².